The fourth-order valence-electron chi connectivity index (χ4n) is 7.43. The van der Waals surface area contributed by atoms with Crippen molar-refractivity contribution < 1.29 is 28.6 Å². The molecule has 0 aliphatic carbocycles. The van der Waals surface area contributed by atoms with Crippen LogP contribution in [0, 0.1) is 0 Å². The van der Waals surface area contributed by atoms with Gasteiger partial charge in [-0.2, -0.15) is 0 Å². The molecule has 6 heteroatoms. The van der Waals surface area contributed by atoms with E-state index < -0.39 is 6.10 Å². The first-order valence-corrected chi connectivity index (χ1v) is 27.8. The molecule has 0 rings (SSSR count). The van der Waals surface area contributed by atoms with E-state index in [-0.39, 0.29) is 37.5 Å². The fourth-order valence-corrected chi connectivity index (χ4v) is 7.43. The maximum atomic E-state index is 12.8. The van der Waals surface area contributed by atoms with Gasteiger partial charge in [0.2, 0.25) is 0 Å². The van der Waals surface area contributed by atoms with Crippen molar-refractivity contribution in [3.8, 4) is 0 Å². The van der Waals surface area contributed by atoms with E-state index in [0.29, 0.717) is 19.3 Å². The molecule has 0 aliphatic heterocycles. The Kier molecular flexibility index (Phi) is 51.9. The summed E-state index contributed by atoms with van der Waals surface area (Å²) < 4.78 is 16.8. The highest BCUT2D eigenvalue weighted by atomic mass is 16.6. The minimum atomic E-state index is -0.808. The van der Waals surface area contributed by atoms with Gasteiger partial charge in [0.25, 0.3) is 0 Å². The predicted octanol–water partition coefficient (Wildman–Crippen LogP) is 18.5. The van der Waals surface area contributed by atoms with E-state index in [9.17, 15) is 14.4 Å². The molecule has 0 bridgehead atoms. The van der Waals surface area contributed by atoms with Crippen LogP contribution in [0.15, 0.2) is 97.2 Å². The van der Waals surface area contributed by atoms with Crippen molar-refractivity contribution in [2.24, 2.45) is 0 Å². The number of hydrogen-bond acceptors (Lipinski definition) is 6. The zero-order chi connectivity index (χ0) is 48.6. The summed E-state index contributed by atoms with van der Waals surface area (Å²) in [5.74, 6) is -0.976. The van der Waals surface area contributed by atoms with E-state index in [2.05, 4.69) is 118 Å². The third-order valence-corrected chi connectivity index (χ3v) is 11.6. The Balaban J connectivity index is 4.50. The summed E-state index contributed by atoms with van der Waals surface area (Å²) in [5, 5.41) is 0. The monoisotopic (exact) mass is 931 g/mol. The smallest absolute Gasteiger partial charge is 0.306 e. The molecule has 0 aromatic carbocycles. The summed E-state index contributed by atoms with van der Waals surface area (Å²) >= 11 is 0. The molecular weight excluding hydrogens is 829 g/mol. The molecule has 0 fully saturated rings. The fraction of sp³-hybridized carbons (Fsp3) is 0.689. The van der Waals surface area contributed by atoms with Crippen LogP contribution in [-0.4, -0.2) is 37.2 Å². The molecule has 1 atom stereocenters. The van der Waals surface area contributed by atoms with Crippen LogP contribution in [0.1, 0.15) is 252 Å². The van der Waals surface area contributed by atoms with Crippen LogP contribution in [0.3, 0.4) is 0 Å². The van der Waals surface area contributed by atoms with E-state index in [4.69, 9.17) is 14.2 Å². The van der Waals surface area contributed by atoms with Crippen molar-refractivity contribution in [2.45, 2.75) is 258 Å². The summed E-state index contributed by atoms with van der Waals surface area (Å²) in [5.41, 5.74) is 0. The Morgan fingerprint density at radius 3 is 1.12 bits per heavy atom. The molecule has 0 aromatic rings. The van der Waals surface area contributed by atoms with Crippen LogP contribution in [0.2, 0.25) is 0 Å². The molecule has 0 saturated carbocycles. The van der Waals surface area contributed by atoms with Crippen molar-refractivity contribution in [3.63, 3.8) is 0 Å². The summed E-state index contributed by atoms with van der Waals surface area (Å²) in [4.78, 5) is 38.1. The molecule has 0 aliphatic rings. The van der Waals surface area contributed by atoms with Gasteiger partial charge in [-0.3, -0.25) is 14.4 Å². The summed E-state index contributed by atoms with van der Waals surface area (Å²) in [6.07, 6.45) is 72.5. The molecule has 1 unspecified atom stereocenters. The quantitative estimate of drug-likeness (QED) is 0.0199. The van der Waals surface area contributed by atoms with Gasteiger partial charge in [-0.1, -0.05) is 227 Å². The second kappa shape index (κ2) is 54.9. The van der Waals surface area contributed by atoms with Crippen LogP contribution in [0.5, 0.6) is 0 Å². The maximum Gasteiger partial charge on any atom is 0.306 e. The Bertz CT molecular complexity index is 1350. The number of ether oxygens (including phenoxy) is 3. The molecule has 0 saturated heterocycles. The Morgan fingerprint density at radius 2 is 0.657 bits per heavy atom. The van der Waals surface area contributed by atoms with Crippen molar-refractivity contribution in [1.82, 2.24) is 0 Å². The molecule has 6 nitrogen and oxygen atoms in total. The highest BCUT2D eigenvalue weighted by molar-refractivity contribution is 5.71. The first-order chi connectivity index (χ1) is 33.0. The van der Waals surface area contributed by atoms with Crippen molar-refractivity contribution in [3.05, 3.63) is 97.2 Å². The van der Waals surface area contributed by atoms with Crippen LogP contribution < -0.4 is 0 Å². The van der Waals surface area contributed by atoms with Crippen LogP contribution in [0.4, 0.5) is 0 Å². The van der Waals surface area contributed by atoms with Gasteiger partial charge in [0, 0.05) is 19.3 Å². The maximum absolute atomic E-state index is 12.8. The Labute approximate surface area is 413 Å². The van der Waals surface area contributed by atoms with E-state index in [1.807, 2.05) is 0 Å². The minimum absolute atomic E-state index is 0.104. The van der Waals surface area contributed by atoms with Crippen LogP contribution >= 0.6 is 0 Å². The number of unbranched alkanes of at least 4 members (excludes halogenated alkanes) is 24. The largest absolute Gasteiger partial charge is 0.462 e. The number of carbonyl (C=O) groups excluding carboxylic acids is 3. The Morgan fingerprint density at radius 1 is 0.328 bits per heavy atom. The lowest BCUT2D eigenvalue weighted by atomic mass is 10.1. The van der Waals surface area contributed by atoms with Crippen molar-refractivity contribution in [2.75, 3.05) is 13.2 Å². The van der Waals surface area contributed by atoms with E-state index in [1.165, 1.54) is 122 Å². The second-order valence-electron chi connectivity index (χ2n) is 18.2. The van der Waals surface area contributed by atoms with Crippen LogP contribution in [-0.2, 0) is 28.6 Å². The van der Waals surface area contributed by atoms with Gasteiger partial charge in [-0.25, -0.2) is 0 Å². The number of hydrogen-bond donors (Lipinski definition) is 0. The van der Waals surface area contributed by atoms with Crippen LogP contribution in [0.25, 0.3) is 0 Å². The zero-order valence-corrected chi connectivity index (χ0v) is 43.6. The highest BCUT2D eigenvalue weighted by Crippen LogP contribution is 2.14. The first kappa shape index (κ1) is 63.3. The lowest BCUT2D eigenvalue weighted by Gasteiger charge is -2.18. The van der Waals surface area contributed by atoms with Crippen molar-refractivity contribution in [1.29, 1.82) is 0 Å². The molecule has 67 heavy (non-hydrogen) atoms. The summed E-state index contributed by atoms with van der Waals surface area (Å²) in [6, 6.07) is 0. The molecule has 0 spiro atoms. The Hall–Kier alpha value is -3.67. The van der Waals surface area contributed by atoms with Gasteiger partial charge in [-0.05, 0) is 103 Å². The SMILES string of the molecule is CC\C=C/C=C\C=C/CCCCCCCCCC(=O)OCC(COC(=O)CCC/C=C\C/C=C\C/C=C\CCCCCCCC)OC(=O)CCCCCCCCC/C=C\C/C=C\CCCCC. The van der Waals surface area contributed by atoms with Gasteiger partial charge in [0.1, 0.15) is 13.2 Å². The summed E-state index contributed by atoms with van der Waals surface area (Å²) in [6.45, 7) is 6.42. The van der Waals surface area contributed by atoms with Gasteiger partial charge >= 0.3 is 17.9 Å². The standard InChI is InChI=1S/C61H102O6/c1-4-7-10-13-16-19-22-25-28-30-33-36-39-42-45-48-51-54-60(63)66-57-58(56-65-59(62)53-50-47-44-41-38-35-32-27-24-21-18-15-12-9-6-3)67-61(64)55-52-49-46-43-40-37-34-31-29-26-23-20-17-14-11-8-5-2/h9,12,15,17-18,20-21,24-26,28-29,33,36,42,45,58H,4-8,10-11,13-14,16,19,22-23,27,30-32,34-35,37-41,43-44,46-57H2,1-3H3/b12-9-,18-15-,20-17-,24-21-,28-25-,29-26-,36-33-,45-42-. The predicted molar refractivity (Wildman–Crippen MR) is 288 cm³/mol. The lowest BCUT2D eigenvalue weighted by Crippen LogP contribution is -2.30. The number of esters is 3. The van der Waals surface area contributed by atoms with E-state index in [0.717, 1.165) is 83.5 Å². The average molecular weight is 931 g/mol. The topological polar surface area (TPSA) is 78.9 Å². The molecule has 0 amide bonds. The average Bonchev–Trinajstić information content (AvgIpc) is 3.33. The molecule has 0 radical (unpaired) electrons. The lowest BCUT2D eigenvalue weighted by molar-refractivity contribution is -0.167. The number of rotatable bonds is 49. The zero-order valence-electron chi connectivity index (χ0n) is 43.6. The van der Waals surface area contributed by atoms with Gasteiger partial charge in [0.05, 0.1) is 0 Å². The van der Waals surface area contributed by atoms with Crippen molar-refractivity contribution >= 4 is 17.9 Å². The third-order valence-electron chi connectivity index (χ3n) is 11.6. The number of carbonyl (C=O) groups is 3. The molecule has 0 aromatic heterocycles. The van der Waals surface area contributed by atoms with Gasteiger partial charge in [-0.15, -0.1) is 0 Å². The normalized spacial score (nSPS) is 12.8. The highest BCUT2D eigenvalue weighted by Gasteiger charge is 2.19. The minimum Gasteiger partial charge on any atom is -0.462 e. The first-order valence-electron chi connectivity index (χ1n) is 27.8. The molecule has 0 heterocycles. The third kappa shape index (κ3) is 53.2. The second-order valence-corrected chi connectivity index (χ2v) is 18.2. The van der Waals surface area contributed by atoms with E-state index in [1.54, 1.807) is 0 Å². The molecule has 382 valence electrons. The van der Waals surface area contributed by atoms with Gasteiger partial charge < -0.3 is 14.2 Å². The van der Waals surface area contributed by atoms with Gasteiger partial charge in [0.15, 0.2) is 6.10 Å². The molecular formula is C61H102O6. The summed E-state index contributed by atoms with van der Waals surface area (Å²) in [7, 11) is 0. The molecule has 0 N–H and O–H groups in total. The number of allylic oxidation sites excluding steroid dienone is 16. The van der Waals surface area contributed by atoms with E-state index >= 15 is 0 Å².